The van der Waals surface area contributed by atoms with Crippen molar-refractivity contribution in [2.75, 3.05) is 7.05 Å². The van der Waals surface area contributed by atoms with E-state index < -0.39 is 10.0 Å². The van der Waals surface area contributed by atoms with Gasteiger partial charge >= 0.3 is 0 Å². The van der Waals surface area contributed by atoms with Crippen molar-refractivity contribution < 1.29 is 17.6 Å². The van der Waals surface area contributed by atoms with Crippen molar-refractivity contribution in [2.24, 2.45) is 0 Å². The first-order valence-corrected chi connectivity index (χ1v) is 9.88. The van der Waals surface area contributed by atoms with Gasteiger partial charge in [0.1, 0.15) is 5.82 Å². The van der Waals surface area contributed by atoms with Gasteiger partial charge in [-0.15, -0.1) is 0 Å². The third kappa shape index (κ3) is 4.11. The number of aryl methyl sites for hydroxylation is 1. The third-order valence-electron chi connectivity index (χ3n) is 4.36. The Morgan fingerprint density at radius 3 is 2.58 bits per heavy atom. The average Bonchev–Trinajstić information content (AvgIpc) is 3.39. The van der Waals surface area contributed by atoms with E-state index in [0.29, 0.717) is 16.7 Å². The summed E-state index contributed by atoms with van der Waals surface area (Å²) < 4.78 is 41.2. The molecule has 0 radical (unpaired) electrons. The number of nitrogens with zero attached hydrogens (tertiary/aromatic N) is 1. The monoisotopic (exact) mass is 376 g/mol. The SMILES string of the molecule is Cc1ccc(S(=O)(=O)NC2CC2)cc1C(=O)N(C)Cc1ccccc1F. The molecule has 1 aliphatic carbocycles. The zero-order valence-electron chi connectivity index (χ0n) is 14.7. The van der Waals surface area contributed by atoms with Crippen molar-refractivity contribution in [3.05, 3.63) is 65.0 Å². The van der Waals surface area contributed by atoms with Crippen LogP contribution in [0.25, 0.3) is 0 Å². The molecule has 5 nitrogen and oxygen atoms in total. The summed E-state index contributed by atoms with van der Waals surface area (Å²) in [5, 5.41) is 0. The minimum absolute atomic E-state index is 0.0100. The van der Waals surface area contributed by atoms with Crippen molar-refractivity contribution >= 4 is 15.9 Å². The first-order chi connectivity index (χ1) is 12.3. The molecule has 3 rings (SSSR count). The highest BCUT2D eigenvalue weighted by molar-refractivity contribution is 7.89. The predicted octanol–water partition coefficient (Wildman–Crippen LogP) is 2.85. The van der Waals surface area contributed by atoms with Gasteiger partial charge in [-0.2, -0.15) is 0 Å². The molecule has 2 aromatic rings. The minimum atomic E-state index is -3.64. The molecule has 0 aliphatic heterocycles. The van der Waals surface area contributed by atoms with Crippen LogP contribution in [-0.4, -0.2) is 32.3 Å². The Labute approximate surface area is 152 Å². The van der Waals surface area contributed by atoms with Crippen LogP contribution in [0.2, 0.25) is 0 Å². The number of carbonyl (C=O) groups is 1. The molecule has 0 heterocycles. The predicted molar refractivity (Wildman–Crippen MR) is 96.7 cm³/mol. The highest BCUT2D eigenvalue weighted by atomic mass is 32.2. The van der Waals surface area contributed by atoms with Crippen molar-refractivity contribution in [1.82, 2.24) is 9.62 Å². The van der Waals surface area contributed by atoms with Gasteiger partial charge in [0.15, 0.2) is 0 Å². The fraction of sp³-hybridized carbons (Fsp3) is 0.316. The number of nitrogens with one attached hydrogen (secondary N) is 1. The van der Waals surface area contributed by atoms with E-state index in [1.807, 2.05) is 0 Å². The number of carbonyl (C=O) groups excluding carboxylic acids is 1. The molecule has 1 amide bonds. The molecule has 138 valence electrons. The fourth-order valence-electron chi connectivity index (χ4n) is 2.65. The molecule has 1 fully saturated rings. The summed E-state index contributed by atoms with van der Waals surface area (Å²) in [6, 6.07) is 10.7. The summed E-state index contributed by atoms with van der Waals surface area (Å²) in [6.45, 7) is 1.84. The molecule has 1 N–H and O–H groups in total. The molecule has 0 bridgehead atoms. The molecule has 0 aromatic heterocycles. The second kappa shape index (κ2) is 7.17. The first-order valence-electron chi connectivity index (χ1n) is 8.40. The molecule has 7 heteroatoms. The van der Waals surface area contributed by atoms with Gasteiger partial charge in [0.25, 0.3) is 5.91 Å². The summed E-state index contributed by atoms with van der Waals surface area (Å²) in [5.74, 6) is -0.733. The highest BCUT2D eigenvalue weighted by Gasteiger charge is 2.28. The van der Waals surface area contributed by atoms with E-state index in [0.717, 1.165) is 12.8 Å². The summed E-state index contributed by atoms with van der Waals surface area (Å²) >= 11 is 0. The normalized spacial score (nSPS) is 14.3. The van der Waals surface area contributed by atoms with Crippen LogP contribution in [0.4, 0.5) is 4.39 Å². The summed E-state index contributed by atoms with van der Waals surface area (Å²) in [5.41, 5.74) is 1.36. The number of benzene rings is 2. The molecular weight excluding hydrogens is 355 g/mol. The Kier molecular flexibility index (Phi) is 5.11. The van der Waals surface area contributed by atoms with Crippen LogP contribution in [0, 0.1) is 12.7 Å². The van der Waals surface area contributed by atoms with Gasteiger partial charge in [-0.25, -0.2) is 17.5 Å². The molecule has 26 heavy (non-hydrogen) atoms. The van der Waals surface area contributed by atoms with E-state index in [1.54, 1.807) is 38.2 Å². The Hall–Kier alpha value is -2.25. The van der Waals surface area contributed by atoms with Crippen LogP contribution in [0.15, 0.2) is 47.4 Å². The fourth-order valence-corrected chi connectivity index (χ4v) is 3.98. The van der Waals surface area contributed by atoms with Gasteiger partial charge in [-0.3, -0.25) is 4.79 Å². The van der Waals surface area contributed by atoms with Crippen LogP contribution < -0.4 is 4.72 Å². The highest BCUT2D eigenvalue weighted by Crippen LogP contribution is 2.24. The largest absolute Gasteiger partial charge is 0.337 e. The maximum absolute atomic E-state index is 13.8. The number of amides is 1. The summed E-state index contributed by atoms with van der Waals surface area (Å²) in [6.07, 6.45) is 1.67. The zero-order valence-corrected chi connectivity index (χ0v) is 15.5. The Bertz CT molecular complexity index is 940. The standard InChI is InChI=1S/C19H21FN2O3S/c1-13-7-10-16(26(24,25)21-15-8-9-15)11-17(13)19(23)22(2)12-14-5-3-4-6-18(14)20/h3-7,10-11,15,21H,8-9,12H2,1-2H3. The molecule has 2 aromatic carbocycles. The molecule has 0 atom stereocenters. The number of rotatable bonds is 6. The quantitative estimate of drug-likeness (QED) is 0.843. The average molecular weight is 376 g/mol. The summed E-state index contributed by atoms with van der Waals surface area (Å²) in [4.78, 5) is 14.2. The molecule has 0 spiro atoms. The lowest BCUT2D eigenvalue weighted by molar-refractivity contribution is 0.0783. The Balaban J connectivity index is 1.84. The Morgan fingerprint density at radius 1 is 1.23 bits per heavy atom. The molecule has 0 unspecified atom stereocenters. The topological polar surface area (TPSA) is 66.5 Å². The van der Waals surface area contributed by atoms with Crippen molar-refractivity contribution in [2.45, 2.75) is 37.2 Å². The Morgan fingerprint density at radius 2 is 1.92 bits per heavy atom. The van der Waals surface area contributed by atoms with Crippen LogP contribution in [0.1, 0.15) is 34.3 Å². The van der Waals surface area contributed by atoms with Crippen LogP contribution in [0.5, 0.6) is 0 Å². The molecular formula is C19H21FN2O3S. The minimum Gasteiger partial charge on any atom is -0.337 e. The van der Waals surface area contributed by atoms with E-state index in [2.05, 4.69) is 4.72 Å². The zero-order chi connectivity index (χ0) is 18.9. The lowest BCUT2D eigenvalue weighted by Gasteiger charge is -2.19. The smallest absolute Gasteiger partial charge is 0.254 e. The number of hydrogen-bond donors (Lipinski definition) is 1. The van der Waals surface area contributed by atoms with E-state index in [4.69, 9.17) is 0 Å². The third-order valence-corrected chi connectivity index (χ3v) is 5.88. The number of sulfonamides is 1. The first kappa shape index (κ1) is 18.5. The van der Waals surface area contributed by atoms with E-state index >= 15 is 0 Å². The molecule has 1 aliphatic rings. The van der Waals surface area contributed by atoms with E-state index in [-0.39, 0.29) is 29.2 Å². The number of hydrogen-bond acceptors (Lipinski definition) is 3. The van der Waals surface area contributed by atoms with Gasteiger partial charge in [-0.1, -0.05) is 24.3 Å². The lowest BCUT2D eigenvalue weighted by atomic mass is 10.1. The summed E-state index contributed by atoms with van der Waals surface area (Å²) in [7, 11) is -2.07. The van der Waals surface area contributed by atoms with Gasteiger partial charge < -0.3 is 4.90 Å². The second-order valence-electron chi connectivity index (χ2n) is 6.62. The van der Waals surface area contributed by atoms with E-state index in [1.165, 1.54) is 23.1 Å². The van der Waals surface area contributed by atoms with Crippen molar-refractivity contribution in [1.29, 1.82) is 0 Å². The lowest BCUT2D eigenvalue weighted by Crippen LogP contribution is -2.29. The maximum Gasteiger partial charge on any atom is 0.254 e. The molecule has 1 saturated carbocycles. The van der Waals surface area contributed by atoms with Gasteiger partial charge in [0, 0.05) is 30.8 Å². The maximum atomic E-state index is 13.8. The van der Waals surface area contributed by atoms with Crippen molar-refractivity contribution in [3.63, 3.8) is 0 Å². The number of halogens is 1. The van der Waals surface area contributed by atoms with E-state index in [9.17, 15) is 17.6 Å². The van der Waals surface area contributed by atoms with Crippen molar-refractivity contribution in [3.8, 4) is 0 Å². The van der Waals surface area contributed by atoms with Gasteiger partial charge in [-0.05, 0) is 43.5 Å². The van der Waals surface area contributed by atoms with Gasteiger partial charge in [0.2, 0.25) is 10.0 Å². The second-order valence-corrected chi connectivity index (χ2v) is 8.34. The van der Waals surface area contributed by atoms with Crippen LogP contribution in [0.3, 0.4) is 0 Å². The molecule has 0 saturated heterocycles. The van der Waals surface area contributed by atoms with Crippen LogP contribution >= 0.6 is 0 Å². The van der Waals surface area contributed by atoms with Crippen LogP contribution in [-0.2, 0) is 16.6 Å². The van der Waals surface area contributed by atoms with Gasteiger partial charge in [0.05, 0.1) is 4.90 Å².